The van der Waals surface area contributed by atoms with Crippen molar-refractivity contribution >= 4 is 11.2 Å². The van der Waals surface area contributed by atoms with Crippen LogP contribution in [0.15, 0.2) is 43.0 Å². The minimum Gasteiger partial charge on any atom is -0.381 e. The maximum atomic E-state index is 14.1. The van der Waals surface area contributed by atoms with E-state index in [4.69, 9.17) is 4.74 Å². The number of fused-ring (bicyclic) bond motifs is 1. The molecule has 4 aromatic rings. The Kier molecular flexibility index (Phi) is 8.33. The molecule has 0 bridgehead atoms. The first-order valence-corrected chi connectivity index (χ1v) is 10.7. The fourth-order valence-corrected chi connectivity index (χ4v) is 3.08. The SMILES string of the molecule is C1CCOCC1.Cc1ccc(-c2ncnc3nc(C)c(C)nc23)c(F)c1.Cn1cccn1. The lowest BCUT2D eigenvalue weighted by Crippen LogP contribution is -2.03. The van der Waals surface area contributed by atoms with E-state index in [1.165, 1.54) is 31.7 Å². The highest BCUT2D eigenvalue weighted by molar-refractivity contribution is 5.86. The van der Waals surface area contributed by atoms with E-state index in [0.29, 0.717) is 22.4 Å². The third kappa shape index (κ3) is 6.37. The Balaban J connectivity index is 0.000000195. The van der Waals surface area contributed by atoms with Gasteiger partial charge in [-0.1, -0.05) is 6.07 Å². The molecule has 1 aliphatic heterocycles. The molecule has 1 aliphatic rings. The molecule has 0 N–H and O–H groups in total. The lowest BCUT2D eigenvalue weighted by Gasteiger charge is -2.08. The first-order chi connectivity index (χ1) is 15.5. The smallest absolute Gasteiger partial charge is 0.182 e. The molecule has 0 atom stereocenters. The van der Waals surface area contributed by atoms with Crippen molar-refractivity contribution in [2.24, 2.45) is 7.05 Å². The zero-order valence-electron chi connectivity index (χ0n) is 19.0. The summed E-state index contributed by atoms with van der Waals surface area (Å²) >= 11 is 0. The van der Waals surface area contributed by atoms with E-state index in [-0.39, 0.29) is 5.82 Å². The maximum Gasteiger partial charge on any atom is 0.182 e. The molecule has 8 heteroatoms. The predicted octanol–water partition coefficient (Wildman–Crippen LogP) is 4.76. The van der Waals surface area contributed by atoms with Crippen LogP contribution >= 0.6 is 0 Å². The second-order valence-electron chi connectivity index (χ2n) is 7.62. The van der Waals surface area contributed by atoms with Gasteiger partial charge in [0.1, 0.15) is 23.4 Å². The van der Waals surface area contributed by atoms with Crippen LogP contribution in [0.2, 0.25) is 0 Å². The van der Waals surface area contributed by atoms with Crippen molar-refractivity contribution in [3.8, 4) is 11.3 Å². The van der Waals surface area contributed by atoms with Gasteiger partial charge >= 0.3 is 0 Å². The van der Waals surface area contributed by atoms with Gasteiger partial charge in [-0.05, 0) is 63.8 Å². The lowest BCUT2D eigenvalue weighted by molar-refractivity contribution is 0.0968. The summed E-state index contributed by atoms with van der Waals surface area (Å²) in [4.78, 5) is 17.1. The summed E-state index contributed by atoms with van der Waals surface area (Å²) in [5.41, 5.74) is 4.37. The predicted molar refractivity (Wildman–Crippen MR) is 123 cm³/mol. The van der Waals surface area contributed by atoms with Gasteiger partial charge in [0.05, 0.1) is 11.4 Å². The largest absolute Gasteiger partial charge is 0.381 e. The van der Waals surface area contributed by atoms with Crippen LogP contribution in [-0.4, -0.2) is 42.9 Å². The van der Waals surface area contributed by atoms with E-state index in [1.807, 2.05) is 46.1 Å². The molecule has 7 nitrogen and oxygen atoms in total. The van der Waals surface area contributed by atoms with Gasteiger partial charge in [-0.3, -0.25) is 4.68 Å². The number of nitrogens with zero attached hydrogens (tertiary/aromatic N) is 6. The molecular weight excluding hydrogens is 407 g/mol. The minimum absolute atomic E-state index is 0.315. The summed E-state index contributed by atoms with van der Waals surface area (Å²) in [6.07, 6.45) is 8.96. The average Bonchev–Trinajstić information content (AvgIpc) is 3.28. The van der Waals surface area contributed by atoms with Gasteiger partial charge in [-0.15, -0.1) is 0 Å². The molecule has 168 valence electrons. The monoisotopic (exact) mass is 436 g/mol. The van der Waals surface area contributed by atoms with Crippen LogP contribution in [0.1, 0.15) is 36.2 Å². The van der Waals surface area contributed by atoms with E-state index >= 15 is 0 Å². The Bertz CT molecular complexity index is 1130. The standard InChI is InChI=1S/C15H13FN4.C5H10O.C4H6N2/c1-8-4-5-11(12(16)6-8)13-14-15(18-7-17-13)20-10(3)9(2)19-14;1-2-4-6-5-3-1;1-6-4-2-3-5-6/h4-7H,1-3H3;1-5H2;2-4H,1H3. The van der Waals surface area contributed by atoms with Crippen molar-refractivity contribution in [1.29, 1.82) is 0 Å². The number of benzene rings is 1. The molecule has 1 saturated heterocycles. The van der Waals surface area contributed by atoms with Crippen LogP contribution in [-0.2, 0) is 11.8 Å². The molecule has 3 aromatic heterocycles. The van der Waals surface area contributed by atoms with E-state index < -0.39 is 0 Å². The molecule has 0 saturated carbocycles. The molecular formula is C24H29FN6O. The van der Waals surface area contributed by atoms with E-state index in [1.54, 1.807) is 16.9 Å². The molecule has 0 aliphatic carbocycles. The zero-order chi connectivity index (χ0) is 22.9. The van der Waals surface area contributed by atoms with E-state index in [2.05, 4.69) is 25.0 Å². The fourth-order valence-electron chi connectivity index (χ4n) is 3.08. The van der Waals surface area contributed by atoms with Gasteiger partial charge in [0.25, 0.3) is 0 Å². The molecule has 1 fully saturated rings. The number of rotatable bonds is 1. The van der Waals surface area contributed by atoms with Gasteiger partial charge in [-0.2, -0.15) is 5.10 Å². The first-order valence-electron chi connectivity index (χ1n) is 10.7. The topological polar surface area (TPSA) is 78.6 Å². The highest BCUT2D eigenvalue weighted by Crippen LogP contribution is 2.26. The maximum absolute atomic E-state index is 14.1. The number of hydrogen-bond acceptors (Lipinski definition) is 6. The fraction of sp³-hybridized carbons (Fsp3) is 0.375. The summed E-state index contributed by atoms with van der Waals surface area (Å²) in [5.74, 6) is -0.315. The van der Waals surface area contributed by atoms with E-state index in [0.717, 1.165) is 30.2 Å². The lowest BCUT2D eigenvalue weighted by atomic mass is 10.1. The van der Waals surface area contributed by atoms with E-state index in [9.17, 15) is 4.39 Å². The van der Waals surface area contributed by atoms with Crippen molar-refractivity contribution in [3.63, 3.8) is 0 Å². The van der Waals surface area contributed by atoms with Crippen molar-refractivity contribution in [3.05, 3.63) is 65.8 Å². The molecule has 4 heterocycles. The van der Waals surface area contributed by atoms with Crippen LogP contribution in [0.3, 0.4) is 0 Å². The molecule has 0 unspecified atom stereocenters. The summed E-state index contributed by atoms with van der Waals surface area (Å²) in [7, 11) is 1.89. The highest BCUT2D eigenvalue weighted by atomic mass is 19.1. The number of halogens is 1. The van der Waals surface area contributed by atoms with Gasteiger partial charge in [-0.25, -0.2) is 24.3 Å². The molecule has 0 amide bonds. The minimum atomic E-state index is -0.315. The summed E-state index contributed by atoms with van der Waals surface area (Å²) < 4.78 is 21.0. The Morgan fingerprint density at radius 1 is 0.969 bits per heavy atom. The number of hydrogen-bond donors (Lipinski definition) is 0. The van der Waals surface area contributed by atoms with Gasteiger partial charge in [0, 0.05) is 38.2 Å². The Hall–Kier alpha value is -3.26. The van der Waals surface area contributed by atoms with Crippen LogP contribution in [0.25, 0.3) is 22.4 Å². The zero-order valence-corrected chi connectivity index (χ0v) is 19.0. The Morgan fingerprint density at radius 2 is 1.72 bits per heavy atom. The highest BCUT2D eigenvalue weighted by Gasteiger charge is 2.14. The van der Waals surface area contributed by atoms with Crippen molar-refractivity contribution in [1.82, 2.24) is 29.7 Å². The van der Waals surface area contributed by atoms with Crippen LogP contribution < -0.4 is 0 Å². The normalized spacial score (nSPS) is 13.0. The Morgan fingerprint density at radius 3 is 2.25 bits per heavy atom. The van der Waals surface area contributed by atoms with Crippen LogP contribution in [0, 0.1) is 26.6 Å². The van der Waals surface area contributed by atoms with Crippen LogP contribution in [0.4, 0.5) is 4.39 Å². The number of ether oxygens (including phenoxy) is 1. The van der Waals surface area contributed by atoms with Crippen molar-refractivity contribution in [2.75, 3.05) is 13.2 Å². The van der Waals surface area contributed by atoms with Gasteiger partial charge in [0.15, 0.2) is 5.65 Å². The third-order valence-corrected chi connectivity index (χ3v) is 4.97. The van der Waals surface area contributed by atoms with Crippen molar-refractivity contribution in [2.45, 2.75) is 40.0 Å². The molecule has 0 radical (unpaired) electrons. The van der Waals surface area contributed by atoms with Crippen molar-refractivity contribution < 1.29 is 9.13 Å². The number of aryl methyl sites for hydroxylation is 4. The molecule has 1 aromatic carbocycles. The second kappa shape index (κ2) is 11.4. The molecule has 5 rings (SSSR count). The second-order valence-corrected chi connectivity index (χ2v) is 7.62. The summed E-state index contributed by atoms with van der Waals surface area (Å²) in [5, 5.41) is 3.83. The molecule has 32 heavy (non-hydrogen) atoms. The quantitative estimate of drug-likeness (QED) is 0.428. The number of aromatic nitrogens is 6. The first kappa shape index (κ1) is 23.4. The van der Waals surface area contributed by atoms with Gasteiger partial charge in [0.2, 0.25) is 0 Å². The van der Waals surface area contributed by atoms with Gasteiger partial charge < -0.3 is 4.74 Å². The Labute approximate surface area is 187 Å². The molecule has 0 spiro atoms. The summed E-state index contributed by atoms with van der Waals surface area (Å²) in [6.45, 7) is 7.58. The summed E-state index contributed by atoms with van der Waals surface area (Å²) in [6, 6.07) is 6.93. The average molecular weight is 437 g/mol. The van der Waals surface area contributed by atoms with Crippen LogP contribution in [0.5, 0.6) is 0 Å². The third-order valence-electron chi connectivity index (χ3n) is 4.97.